The van der Waals surface area contributed by atoms with Gasteiger partial charge in [-0.2, -0.15) is 0 Å². The van der Waals surface area contributed by atoms with E-state index < -0.39 is 5.91 Å². The molecule has 1 aromatic carbocycles. The number of benzene rings is 1. The Kier molecular flexibility index (Phi) is 3.63. The van der Waals surface area contributed by atoms with Gasteiger partial charge in [-0.15, -0.1) is 11.3 Å². The molecule has 0 saturated carbocycles. The Labute approximate surface area is 125 Å². The summed E-state index contributed by atoms with van der Waals surface area (Å²) >= 11 is 7.35. The zero-order valence-corrected chi connectivity index (χ0v) is 12.2. The van der Waals surface area contributed by atoms with E-state index in [1.54, 1.807) is 0 Å². The number of hydrogen-bond acceptors (Lipinski definition) is 4. The van der Waals surface area contributed by atoms with E-state index in [-0.39, 0.29) is 11.3 Å². The first-order valence-electron chi connectivity index (χ1n) is 6.42. The van der Waals surface area contributed by atoms with Crippen molar-refractivity contribution in [2.24, 2.45) is 0 Å². The zero-order chi connectivity index (χ0) is 14.1. The number of rotatable bonds is 2. The van der Waals surface area contributed by atoms with Gasteiger partial charge in [0.15, 0.2) is 5.13 Å². The monoisotopic (exact) mass is 308 g/mol. The fraction of sp³-hybridized carbons (Fsp3) is 0.286. The minimum atomic E-state index is -0.393. The minimum absolute atomic E-state index is 0.0896. The van der Waals surface area contributed by atoms with Gasteiger partial charge in [-0.05, 0) is 43.9 Å². The molecule has 1 aliphatic rings. The summed E-state index contributed by atoms with van der Waals surface area (Å²) in [5.41, 5.74) is 1.25. The average molecular weight is 309 g/mol. The number of hydrogen-bond donors (Lipinski definition) is 2. The molecule has 0 unspecified atom stereocenters. The van der Waals surface area contributed by atoms with Crippen LogP contribution in [0.4, 0.5) is 5.13 Å². The van der Waals surface area contributed by atoms with Gasteiger partial charge in [-0.25, -0.2) is 4.98 Å². The lowest BCUT2D eigenvalue weighted by Crippen LogP contribution is -2.12. The van der Waals surface area contributed by atoms with E-state index >= 15 is 0 Å². The summed E-state index contributed by atoms with van der Waals surface area (Å²) in [6.07, 6.45) is 4.34. The number of nitrogens with one attached hydrogen (secondary N) is 1. The maximum absolute atomic E-state index is 12.1. The Morgan fingerprint density at radius 1 is 1.35 bits per heavy atom. The van der Waals surface area contributed by atoms with Gasteiger partial charge in [0, 0.05) is 9.90 Å². The molecule has 0 radical (unpaired) electrons. The molecule has 2 N–H and O–H groups in total. The van der Waals surface area contributed by atoms with Crippen LogP contribution in [-0.4, -0.2) is 16.0 Å². The summed E-state index contributed by atoms with van der Waals surface area (Å²) in [5.74, 6) is -0.482. The number of aryl methyl sites for hydroxylation is 2. The maximum atomic E-state index is 12.1. The van der Waals surface area contributed by atoms with Crippen molar-refractivity contribution in [2.75, 3.05) is 5.32 Å². The van der Waals surface area contributed by atoms with Crippen LogP contribution in [0.5, 0.6) is 5.75 Å². The summed E-state index contributed by atoms with van der Waals surface area (Å²) < 4.78 is 0. The van der Waals surface area contributed by atoms with Crippen molar-refractivity contribution in [1.82, 2.24) is 4.98 Å². The molecule has 20 heavy (non-hydrogen) atoms. The number of fused-ring (bicyclic) bond motifs is 1. The zero-order valence-electron chi connectivity index (χ0n) is 10.6. The molecule has 0 spiro atoms. The van der Waals surface area contributed by atoms with Crippen molar-refractivity contribution in [2.45, 2.75) is 25.7 Å². The van der Waals surface area contributed by atoms with E-state index in [4.69, 9.17) is 11.6 Å². The number of phenols is 1. The predicted octanol–water partition coefficient (Wildman–Crippen LogP) is 3.63. The molecular weight excluding hydrogens is 296 g/mol. The Hall–Kier alpha value is -1.59. The minimum Gasteiger partial charge on any atom is -0.507 e. The third-order valence-corrected chi connectivity index (χ3v) is 4.58. The van der Waals surface area contributed by atoms with Crippen molar-refractivity contribution < 1.29 is 9.90 Å². The molecule has 0 fully saturated rings. The normalized spacial score (nSPS) is 13.8. The van der Waals surface area contributed by atoms with Crippen LogP contribution in [0.3, 0.4) is 0 Å². The first-order chi connectivity index (χ1) is 9.63. The average Bonchev–Trinajstić information content (AvgIpc) is 2.83. The smallest absolute Gasteiger partial charge is 0.261 e. The number of aromatic hydroxyl groups is 1. The van der Waals surface area contributed by atoms with E-state index in [0.29, 0.717) is 10.2 Å². The van der Waals surface area contributed by atoms with Gasteiger partial charge in [-0.1, -0.05) is 11.6 Å². The highest BCUT2D eigenvalue weighted by Crippen LogP contribution is 2.30. The number of amides is 1. The number of carbonyl (C=O) groups is 1. The quantitative estimate of drug-likeness (QED) is 0.890. The standard InChI is InChI=1S/C14H13ClN2O2S/c15-8-5-6-11(18)9(7-8)13(19)17-14-16-10-3-1-2-4-12(10)20-14/h5-7,18H,1-4H2,(H,16,17,19). The number of nitrogens with zero attached hydrogens (tertiary/aromatic N) is 1. The molecular formula is C14H13ClN2O2S. The van der Waals surface area contributed by atoms with Gasteiger partial charge in [0.25, 0.3) is 5.91 Å². The van der Waals surface area contributed by atoms with Gasteiger partial charge in [0.05, 0.1) is 11.3 Å². The summed E-state index contributed by atoms with van der Waals surface area (Å²) in [6.45, 7) is 0. The Balaban J connectivity index is 1.82. The third kappa shape index (κ3) is 2.64. The molecule has 0 aliphatic heterocycles. The highest BCUT2D eigenvalue weighted by molar-refractivity contribution is 7.15. The first-order valence-corrected chi connectivity index (χ1v) is 7.61. The summed E-state index contributed by atoms with van der Waals surface area (Å²) in [7, 11) is 0. The second-order valence-electron chi connectivity index (χ2n) is 4.71. The number of carbonyl (C=O) groups excluding carboxylic acids is 1. The van der Waals surface area contributed by atoms with Crippen molar-refractivity contribution in [3.8, 4) is 5.75 Å². The molecule has 104 valence electrons. The van der Waals surface area contributed by atoms with Gasteiger partial charge in [0.1, 0.15) is 5.75 Å². The molecule has 1 aliphatic carbocycles. The SMILES string of the molecule is O=C(Nc1nc2c(s1)CCCC2)c1cc(Cl)ccc1O. The molecule has 1 amide bonds. The van der Waals surface area contributed by atoms with Crippen LogP contribution in [0.1, 0.15) is 33.8 Å². The van der Waals surface area contributed by atoms with Crippen LogP contribution in [0.15, 0.2) is 18.2 Å². The molecule has 1 heterocycles. The maximum Gasteiger partial charge on any atom is 0.261 e. The molecule has 0 bridgehead atoms. The molecule has 2 aromatic rings. The van der Waals surface area contributed by atoms with Crippen molar-refractivity contribution in [1.29, 1.82) is 0 Å². The van der Waals surface area contributed by atoms with E-state index in [1.165, 1.54) is 40.8 Å². The van der Waals surface area contributed by atoms with Crippen LogP contribution in [0.2, 0.25) is 5.02 Å². The topological polar surface area (TPSA) is 62.2 Å². The number of phenolic OH excluding ortho intramolecular Hbond substituents is 1. The lowest BCUT2D eigenvalue weighted by atomic mass is 10.0. The largest absolute Gasteiger partial charge is 0.507 e. The Bertz CT molecular complexity index is 646. The molecule has 3 rings (SSSR count). The van der Waals surface area contributed by atoms with Gasteiger partial charge in [-0.3, -0.25) is 10.1 Å². The second-order valence-corrected chi connectivity index (χ2v) is 6.23. The van der Waals surface area contributed by atoms with E-state index in [0.717, 1.165) is 25.0 Å². The van der Waals surface area contributed by atoms with E-state index in [1.807, 2.05) is 0 Å². The highest BCUT2D eigenvalue weighted by atomic mass is 35.5. The number of anilines is 1. The number of thiazole rings is 1. The van der Waals surface area contributed by atoms with Crippen LogP contribution in [0, 0.1) is 0 Å². The first kappa shape index (κ1) is 13.4. The van der Waals surface area contributed by atoms with Crippen molar-refractivity contribution in [3.63, 3.8) is 0 Å². The molecule has 0 saturated heterocycles. The summed E-state index contributed by atoms with van der Waals surface area (Å²) in [6, 6.07) is 4.39. The van der Waals surface area contributed by atoms with E-state index in [9.17, 15) is 9.90 Å². The fourth-order valence-corrected chi connectivity index (χ4v) is 3.48. The Morgan fingerprint density at radius 3 is 2.95 bits per heavy atom. The summed E-state index contributed by atoms with van der Waals surface area (Å²) in [4.78, 5) is 17.8. The lowest BCUT2D eigenvalue weighted by molar-refractivity contribution is 0.102. The van der Waals surface area contributed by atoms with Crippen LogP contribution < -0.4 is 5.32 Å². The van der Waals surface area contributed by atoms with Crippen LogP contribution >= 0.6 is 22.9 Å². The summed E-state index contributed by atoms with van der Waals surface area (Å²) in [5, 5.41) is 13.4. The predicted molar refractivity (Wildman–Crippen MR) is 79.8 cm³/mol. The van der Waals surface area contributed by atoms with Crippen molar-refractivity contribution >= 4 is 34.0 Å². The van der Waals surface area contributed by atoms with Crippen molar-refractivity contribution in [3.05, 3.63) is 39.4 Å². The fourth-order valence-electron chi connectivity index (χ4n) is 2.26. The molecule has 6 heteroatoms. The molecule has 4 nitrogen and oxygen atoms in total. The number of aromatic nitrogens is 1. The van der Waals surface area contributed by atoms with Gasteiger partial charge >= 0.3 is 0 Å². The van der Waals surface area contributed by atoms with Gasteiger partial charge < -0.3 is 5.11 Å². The Morgan fingerprint density at radius 2 is 2.15 bits per heavy atom. The van der Waals surface area contributed by atoms with Crippen LogP contribution in [0.25, 0.3) is 0 Å². The number of halogens is 1. The van der Waals surface area contributed by atoms with Gasteiger partial charge in [0.2, 0.25) is 0 Å². The second kappa shape index (κ2) is 5.42. The molecule has 1 aromatic heterocycles. The van der Waals surface area contributed by atoms with E-state index in [2.05, 4.69) is 10.3 Å². The third-order valence-electron chi connectivity index (χ3n) is 3.27. The lowest BCUT2D eigenvalue weighted by Gasteiger charge is -2.06. The molecule has 0 atom stereocenters. The van der Waals surface area contributed by atoms with Crippen LogP contribution in [-0.2, 0) is 12.8 Å². The highest BCUT2D eigenvalue weighted by Gasteiger charge is 2.18.